The van der Waals surface area contributed by atoms with E-state index in [9.17, 15) is 12.8 Å². The van der Waals surface area contributed by atoms with E-state index < -0.39 is 9.84 Å². The summed E-state index contributed by atoms with van der Waals surface area (Å²) >= 11 is 3.49. The molecule has 5 heteroatoms. The number of alkyl halides is 1. The number of hydrogen-bond acceptors (Lipinski definition) is 2. The number of halogens is 2. The van der Waals surface area contributed by atoms with E-state index in [1.54, 1.807) is 13.0 Å². The van der Waals surface area contributed by atoms with Gasteiger partial charge < -0.3 is 0 Å². The molecule has 0 bridgehead atoms. The van der Waals surface area contributed by atoms with Gasteiger partial charge in [0.05, 0.1) is 11.5 Å². The zero-order valence-corrected chi connectivity index (χ0v) is 11.9. The summed E-state index contributed by atoms with van der Waals surface area (Å²) in [7, 11) is -2.89. The highest BCUT2D eigenvalue weighted by Gasteiger charge is 2.33. The molecule has 1 heterocycles. The number of sulfone groups is 1. The molecule has 0 N–H and O–H groups in total. The summed E-state index contributed by atoms with van der Waals surface area (Å²) in [6, 6.07) is 5.06. The van der Waals surface area contributed by atoms with Crippen molar-refractivity contribution in [1.29, 1.82) is 0 Å². The van der Waals surface area contributed by atoms with E-state index in [2.05, 4.69) is 15.9 Å². The lowest BCUT2D eigenvalue weighted by molar-refractivity contribution is 0.573. The lowest BCUT2D eigenvalue weighted by Gasteiger charge is -2.16. The molecule has 1 aromatic carbocycles. The van der Waals surface area contributed by atoms with Crippen molar-refractivity contribution in [1.82, 2.24) is 0 Å². The fourth-order valence-corrected chi connectivity index (χ4v) is 4.93. The lowest BCUT2D eigenvalue weighted by Crippen LogP contribution is -2.10. The van der Waals surface area contributed by atoms with Crippen LogP contribution < -0.4 is 0 Å². The van der Waals surface area contributed by atoms with Gasteiger partial charge in [-0.1, -0.05) is 28.1 Å². The maximum absolute atomic E-state index is 13.4. The first-order chi connectivity index (χ1) is 7.89. The number of benzene rings is 1. The van der Waals surface area contributed by atoms with Gasteiger partial charge in [-0.15, -0.1) is 0 Å². The molecule has 1 fully saturated rings. The molecule has 2 nitrogen and oxygen atoms in total. The number of hydrogen-bond donors (Lipinski definition) is 0. The third-order valence-electron chi connectivity index (χ3n) is 3.20. The fraction of sp³-hybridized carbons (Fsp3) is 0.500. The van der Waals surface area contributed by atoms with Crippen LogP contribution in [0.5, 0.6) is 0 Å². The molecule has 2 unspecified atom stereocenters. The van der Waals surface area contributed by atoms with E-state index in [-0.39, 0.29) is 28.1 Å². The Labute approximate surface area is 109 Å². The van der Waals surface area contributed by atoms with Crippen molar-refractivity contribution in [2.24, 2.45) is 5.92 Å². The summed E-state index contributed by atoms with van der Waals surface area (Å²) in [5, 5.41) is 0. The Balaban J connectivity index is 2.20. The molecule has 0 spiro atoms. The van der Waals surface area contributed by atoms with Crippen LogP contribution in [0.15, 0.2) is 18.2 Å². The first-order valence-electron chi connectivity index (χ1n) is 5.49. The van der Waals surface area contributed by atoms with Gasteiger partial charge in [-0.2, -0.15) is 0 Å². The van der Waals surface area contributed by atoms with Crippen molar-refractivity contribution in [3.8, 4) is 0 Å². The van der Waals surface area contributed by atoms with Crippen LogP contribution in [0.1, 0.15) is 22.4 Å². The second-order valence-corrected chi connectivity index (χ2v) is 7.79. The SMILES string of the molecule is Cc1ccc(C(Br)C2CCS(=O)(=O)C2)cc1F. The zero-order valence-electron chi connectivity index (χ0n) is 9.49. The molecule has 1 aliphatic rings. The van der Waals surface area contributed by atoms with Crippen molar-refractivity contribution in [3.63, 3.8) is 0 Å². The van der Waals surface area contributed by atoms with Gasteiger partial charge in [-0.05, 0) is 36.5 Å². The highest BCUT2D eigenvalue weighted by molar-refractivity contribution is 9.09. The van der Waals surface area contributed by atoms with Gasteiger partial charge >= 0.3 is 0 Å². The van der Waals surface area contributed by atoms with E-state index in [0.29, 0.717) is 12.0 Å². The van der Waals surface area contributed by atoms with Gasteiger partial charge in [-0.25, -0.2) is 12.8 Å². The normalized spacial score (nSPS) is 24.8. The largest absolute Gasteiger partial charge is 0.229 e. The van der Waals surface area contributed by atoms with Gasteiger partial charge in [0.1, 0.15) is 5.82 Å². The van der Waals surface area contributed by atoms with Crippen LogP contribution in [0, 0.1) is 18.7 Å². The zero-order chi connectivity index (χ0) is 12.6. The molecule has 1 aromatic rings. The van der Waals surface area contributed by atoms with Gasteiger partial charge in [0.15, 0.2) is 9.84 Å². The molecule has 2 rings (SSSR count). The maximum Gasteiger partial charge on any atom is 0.150 e. The average Bonchev–Trinajstić information content (AvgIpc) is 2.62. The fourth-order valence-electron chi connectivity index (χ4n) is 2.11. The molecule has 94 valence electrons. The van der Waals surface area contributed by atoms with Crippen LogP contribution in [0.4, 0.5) is 4.39 Å². The first-order valence-corrected chi connectivity index (χ1v) is 8.23. The molecule has 0 aliphatic carbocycles. The van der Waals surface area contributed by atoms with Crippen LogP contribution in [-0.4, -0.2) is 19.9 Å². The van der Waals surface area contributed by atoms with E-state index in [4.69, 9.17) is 0 Å². The second kappa shape index (κ2) is 4.69. The summed E-state index contributed by atoms with van der Waals surface area (Å²) in [6.45, 7) is 1.71. The van der Waals surface area contributed by atoms with Gasteiger partial charge in [-0.3, -0.25) is 0 Å². The highest BCUT2D eigenvalue weighted by atomic mass is 79.9. The van der Waals surface area contributed by atoms with Crippen LogP contribution >= 0.6 is 15.9 Å². The predicted molar refractivity (Wildman–Crippen MR) is 69.6 cm³/mol. The first kappa shape index (κ1) is 13.0. The Morgan fingerprint density at radius 1 is 1.47 bits per heavy atom. The molecule has 0 radical (unpaired) electrons. The third-order valence-corrected chi connectivity index (χ3v) is 6.27. The molecular weight excluding hydrogens is 307 g/mol. The summed E-state index contributed by atoms with van der Waals surface area (Å²) < 4.78 is 36.2. The Hall–Kier alpha value is -0.420. The standard InChI is InChI=1S/C12H14BrFO2S/c1-8-2-3-9(6-11(8)14)12(13)10-4-5-17(15,16)7-10/h2-3,6,10,12H,4-5,7H2,1H3. The number of rotatable bonds is 2. The second-order valence-electron chi connectivity index (χ2n) is 4.57. The van der Waals surface area contributed by atoms with E-state index >= 15 is 0 Å². The van der Waals surface area contributed by atoms with Crippen LogP contribution in [0.3, 0.4) is 0 Å². The predicted octanol–water partition coefficient (Wildman–Crippen LogP) is 3.00. The number of aryl methyl sites for hydroxylation is 1. The minimum atomic E-state index is -2.89. The summed E-state index contributed by atoms with van der Waals surface area (Å²) in [5.41, 5.74) is 1.42. The Kier molecular flexibility index (Phi) is 3.59. The monoisotopic (exact) mass is 320 g/mol. The average molecular weight is 321 g/mol. The minimum Gasteiger partial charge on any atom is -0.229 e. The third kappa shape index (κ3) is 2.88. The molecule has 17 heavy (non-hydrogen) atoms. The molecular formula is C12H14BrFO2S. The van der Waals surface area contributed by atoms with Crippen molar-refractivity contribution < 1.29 is 12.8 Å². The highest BCUT2D eigenvalue weighted by Crippen LogP contribution is 2.38. The lowest BCUT2D eigenvalue weighted by atomic mass is 9.98. The van der Waals surface area contributed by atoms with Gasteiger partial charge in [0, 0.05) is 4.83 Å². The molecule has 1 aliphatic heterocycles. The molecule has 0 amide bonds. The van der Waals surface area contributed by atoms with Crippen molar-refractivity contribution in [2.75, 3.05) is 11.5 Å². The Morgan fingerprint density at radius 3 is 2.71 bits per heavy atom. The van der Waals surface area contributed by atoms with Crippen molar-refractivity contribution >= 4 is 25.8 Å². The van der Waals surface area contributed by atoms with Crippen LogP contribution in [-0.2, 0) is 9.84 Å². The Morgan fingerprint density at radius 2 is 2.18 bits per heavy atom. The molecule has 0 aromatic heterocycles. The summed E-state index contributed by atoms with van der Waals surface area (Å²) in [6.07, 6.45) is 0.647. The smallest absolute Gasteiger partial charge is 0.150 e. The Bertz CT molecular complexity index is 527. The van der Waals surface area contributed by atoms with Crippen molar-refractivity contribution in [3.05, 3.63) is 35.1 Å². The van der Waals surface area contributed by atoms with Gasteiger partial charge in [0.25, 0.3) is 0 Å². The molecule has 0 saturated carbocycles. The minimum absolute atomic E-state index is 0.0436. The van der Waals surface area contributed by atoms with E-state index in [1.807, 2.05) is 6.07 Å². The van der Waals surface area contributed by atoms with Crippen LogP contribution in [0.25, 0.3) is 0 Å². The molecule has 1 saturated heterocycles. The quantitative estimate of drug-likeness (QED) is 0.785. The van der Waals surface area contributed by atoms with E-state index in [1.165, 1.54) is 6.07 Å². The summed E-state index contributed by atoms with van der Waals surface area (Å²) in [4.78, 5) is -0.0881. The van der Waals surface area contributed by atoms with E-state index in [0.717, 1.165) is 5.56 Å². The summed E-state index contributed by atoms with van der Waals surface area (Å²) in [5.74, 6) is 0.238. The van der Waals surface area contributed by atoms with Gasteiger partial charge in [0.2, 0.25) is 0 Å². The molecule has 2 atom stereocenters. The van der Waals surface area contributed by atoms with Crippen LogP contribution in [0.2, 0.25) is 0 Å². The topological polar surface area (TPSA) is 34.1 Å². The maximum atomic E-state index is 13.4. The van der Waals surface area contributed by atoms with Crippen molar-refractivity contribution in [2.45, 2.75) is 18.2 Å².